The van der Waals surface area contributed by atoms with Crippen molar-refractivity contribution in [1.82, 2.24) is 10.6 Å². The lowest BCUT2D eigenvalue weighted by atomic mass is 10.1. The van der Waals surface area contributed by atoms with E-state index in [0.717, 1.165) is 16.0 Å². The van der Waals surface area contributed by atoms with Crippen LogP contribution in [0.3, 0.4) is 0 Å². The van der Waals surface area contributed by atoms with Gasteiger partial charge in [0.05, 0.1) is 13.0 Å². The number of hydrogen-bond donors (Lipinski definition) is 2. The van der Waals surface area contributed by atoms with E-state index < -0.39 is 0 Å². The molecule has 0 unspecified atom stereocenters. The highest BCUT2D eigenvalue weighted by Gasteiger charge is 2.18. The van der Waals surface area contributed by atoms with Crippen LogP contribution in [0, 0.1) is 0 Å². The van der Waals surface area contributed by atoms with Crippen LogP contribution in [0.25, 0.3) is 10.4 Å². The molecule has 2 amide bonds. The van der Waals surface area contributed by atoms with Crippen LogP contribution in [-0.2, 0) is 11.2 Å². The number of amides is 2. The van der Waals surface area contributed by atoms with Gasteiger partial charge in [0.2, 0.25) is 5.91 Å². The zero-order chi connectivity index (χ0) is 20.5. The van der Waals surface area contributed by atoms with Crippen molar-refractivity contribution in [2.24, 2.45) is 0 Å². The molecule has 0 radical (unpaired) electrons. The average Bonchev–Trinajstić information content (AvgIpc) is 3.17. The van der Waals surface area contributed by atoms with E-state index in [2.05, 4.69) is 10.6 Å². The molecule has 0 fully saturated rings. The minimum atomic E-state index is -0.196. The predicted octanol–water partition coefficient (Wildman–Crippen LogP) is 3.90. The maximum absolute atomic E-state index is 12.6. The maximum atomic E-state index is 12.6. The Morgan fingerprint density at radius 3 is 2.28 bits per heavy atom. The summed E-state index contributed by atoms with van der Waals surface area (Å²) in [4.78, 5) is 26.1. The van der Waals surface area contributed by atoms with E-state index >= 15 is 0 Å². The third-order valence-corrected chi connectivity index (χ3v) is 5.37. The van der Waals surface area contributed by atoms with Crippen LogP contribution in [0.2, 0.25) is 0 Å². The van der Waals surface area contributed by atoms with Gasteiger partial charge in [-0.05, 0) is 24.1 Å². The molecular weight excluding hydrogens is 384 g/mol. The van der Waals surface area contributed by atoms with Crippen molar-refractivity contribution in [3.05, 3.63) is 77.2 Å². The summed E-state index contributed by atoms with van der Waals surface area (Å²) in [6, 6.07) is 21.4. The Labute approximate surface area is 174 Å². The number of thiophene rings is 1. The molecule has 0 aliphatic rings. The molecule has 1 aromatic heterocycles. The van der Waals surface area contributed by atoms with Gasteiger partial charge in [-0.2, -0.15) is 0 Å². The van der Waals surface area contributed by atoms with E-state index in [4.69, 9.17) is 4.74 Å². The third kappa shape index (κ3) is 5.93. The smallest absolute Gasteiger partial charge is 0.265 e. The zero-order valence-corrected chi connectivity index (χ0v) is 17.1. The van der Waals surface area contributed by atoms with Gasteiger partial charge in [0.25, 0.3) is 5.91 Å². The summed E-state index contributed by atoms with van der Waals surface area (Å²) in [5, 5.41) is 5.69. The Bertz CT molecular complexity index is 939. The highest BCUT2D eigenvalue weighted by molar-refractivity contribution is 7.17. The van der Waals surface area contributed by atoms with Crippen molar-refractivity contribution >= 4 is 23.2 Å². The number of hydrogen-bond acceptors (Lipinski definition) is 4. The minimum Gasteiger partial charge on any atom is -0.492 e. The van der Waals surface area contributed by atoms with Crippen LogP contribution in [-0.4, -0.2) is 31.5 Å². The van der Waals surface area contributed by atoms with Crippen LogP contribution in [0.4, 0.5) is 0 Å². The SMILES string of the molecule is CCOc1cc(-c2ccccc2)sc1C(=O)NCCNC(=O)Cc1ccccc1. The molecule has 150 valence electrons. The van der Waals surface area contributed by atoms with Crippen LogP contribution in [0.1, 0.15) is 22.2 Å². The highest BCUT2D eigenvalue weighted by Crippen LogP contribution is 2.36. The van der Waals surface area contributed by atoms with E-state index in [1.165, 1.54) is 11.3 Å². The summed E-state index contributed by atoms with van der Waals surface area (Å²) >= 11 is 1.40. The Balaban J connectivity index is 1.53. The molecule has 3 rings (SSSR count). The second-order valence-electron chi connectivity index (χ2n) is 6.37. The first-order valence-electron chi connectivity index (χ1n) is 9.58. The zero-order valence-electron chi connectivity index (χ0n) is 16.3. The first-order chi connectivity index (χ1) is 14.2. The molecule has 0 aliphatic carbocycles. The van der Waals surface area contributed by atoms with Gasteiger partial charge in [0.1, 0.15) is 10.6 Å². The van der Waals surface area contributed by atoms with Gasteiger partial charge in [-0.3, -0.25) is 9.59 Å². The minimum absolute atomic E-state index is 0.0667. The van der Waals surface area contributed by atoms with Gasteiger partial charge in [-0.15, -0.1) is 11.3 Å². The summed E-state index contributed by atoms with van der Waals surface area (Å²) in [7, 11) is 0. The van der Waals surface area contributed by atoms with Crippen molar-refractivity contribution in [2.45, 2.75) is 13.3 Å². The standard InChI is InChI=1S/C23H24N2O3S/c1-2-28-19-16-20(18-11-7-4-8-12-18)29-22(19)23(27)25-14-13-24-21(26)15-17-9-5-3-6-10-17/h3-12,16H,2,13-15H2,1H3,(H,24,26)(H,25,27). The molecule has 2 N–H and O–H groups in total. The number of benzene rings is 2. The maximum Gasteiger partial charge on any atom is 0.265 e. The number of rotatable bonds is 9. The van der Waals surface area contributed by atoms with Gasteiger partial charge in [0.15, 0.2) is 0 Å². The molecule has 1 heterocycles. The van der Waals surface area contributed by atoms with Crippen molar-refractivity contribution < 1.29 is 14.3 Å². The fraction of sp³-hybridized carbons (Fsp3) is 0.217. The molecular formula is C23H24N2O3S. The lowest BCUT2D eigenvalue weighted by molar-refractivity contribution is -0.120. The highest BCUT2D eigenvalue weighted by atomic mass is 32.1. The third-order valence-electron chi connectivity index (χ3n) is 4.20. The number of carbonyl (C=O) groups is 2. The topological polar surface area (TPSA) is 67.4 Å². The van der Waals surface area contributed by atoms with Crippen LogP contribution < -0.4 is 15.4 Å². The van der Waals surface area contributed by atoms with Gasteiger partial charge >= 0.3 is 0 Å². The predicted molar refractivity (Wildman–Crippen MR) is 116 cm³/mol. The van der Waals surface area contributed by atoms with Gasteiger partial charge in [0, 0.05) is 18.0 Å². The van der Waals surface area contributed by atoms with Gasteiger partial charge < -0.3 is 15.4 Å². The fourth-order valence-corrected chi connectivity index (χ4v) is 3.87. The number of ether oxygens (including phenoxy) is 1. The molecule has 3 aromatic rings. The summed E-state index contributed by atoms with van der Waals surface area (Å²) in [6.45, 7) is 3.10. The Kier molecular flexibility index (Phi) is 7.41. The largest absolute Gasteiger partial charge is 0.492 e. The van der Waals surface area contributed by atoms with E-state index in [9.17, 15) is 9.59 Å². The molecule has 6 heteroatoms. The molecule has 0 atom stereocenters. The monoisotopic (exact) mass is 408 g/mol. The van der Waals surface area contributed by atoms with Crippen molar-refractivity contribution in [1.29, 1.82) is 0 Å². The van der Waals surface area contributed by atoms with E-state index in [1.807, 2.05) is 73.7 Å². The quantitative estimate of drug-likeness (QED) is 0.528. The van der Waals surface area contributed by atoms with Crippen LogP contribution in [0.5, 0.6) is 5.75 Å². The van der Waals surface area contributed by atoms with Crippen molar-refractivity contribution in [2.75, 3.05) is 19.7 Å². The van der Waals surface area contributed by atoms with E-state index in [-0.39, 0.29) is 11.8 Å². The lowest BCUT2D eigenvalue weighted by Crippen LogP contribution is -2.35. The van der Waals surface area contributed by atoms with Crippen molar-refractivity contribution in [3.63, 3.8) is 0 Å². The molecule has 0 aliphatic heterocycles. The second kappa shape index (κ2) is 10.4. The first kappa shape index (κ1) is 20.6. The fourth-order valence-electron chi connectivity index (χ4n) is 2.84. The Hall–Kier alpha value is -3.12. The van der Waals surface area contributed by atoms with Crippen molar-refractivity contribution in [3.8, 4) is 16.2 Å². The molecule has 2 aromatic carbocycles. The number of nitrogens with one attached hydrogen (secondary N) is 2. The van der Waals surface area contributed by atoms with Crippen LogP contribution in [0.15, 0.2) is 66.7 Å². The summed E-state index contributed by atoms with van der Waals surface area (Å²) < 4.78 is 5.65. The molecule has 0 saturated carbocycles. The second-order valence-corrected chi connectivity index (χ2v) is 7.42. The summed E-state index contributed by atoms with van der Waals surface area (Å²) in [6.07, 6.45) is 0.328. The van der Waals surface area contributed by atoms with Gasteiger partial charge in [-0.25, -0.2) is 0 Å². The summed E-state index contributed by atoms with van der Waals surface area (Å²) in [5.41, 5.74) is 2.01. The molecule has 0 bridgehead atoms. The Morgan fingerprint density at radius 2 is 1.59 bits per heavy atom. The summed E-state index contributed by atoms with van der Waals surface area (Å²) in [5.74, 6) is 0.322. The molecule has 29 heavy (non-hydrogen) atoms. The average molecular weight is 409 g/mol. The van der Waals surface area contributed by atoms with Gasteiger partial charge in [-0.1, -0.05) is 60.7 Å². The van der Waals surface area contributed by atoms with E-state index in [1.54, 1.807) is 0 Å². The molecule has 0 spiro atoms. The Morgan fingerprint density at radius 1 is 0.931 bits per heavy atom. The molecule has 0 saturated heterocycles. The van der Waals surface area contributed by atoms with E-state index in [0.29, 0.717) is 36.7 Å². The number of carbonyl (C=O) groups excluding carboxylic acids is 2. The molecule has 5 nitrogen and oxygen atoms in total. The first-order valence-corrected chi connectivity index (χ1v) is 10.4. The normalized spacial score (nSPS) is 10.4. The lowest BCUT2D eigenvalue weighted by Gasteiger charge is -2.08. The van der Waals surface area contributed by atoms with Crippen LogP contribution >= 0.6 is 11.3 Å².